The van der Waals surface area contributed by atoms with E-state index in [1.165, 1.54) is 13.3 Å². The van der Waals surface area contributed by atoms with Gasteiger partial charge in [-0.3, -0.25) is 0 Å². The van der Waals surface area contributed by atoms with Crippen LogP contribution in [0.1, 0.15) is 38.3 Å². The summed E-state index contributed by atoms with van der Waals surface area (Å²) >= 11 is 0. The zero-order valence-corrected chi connectivity index (χ0v) is 16.7. The fourth-order valence-corrected chi connectivity index (χ4v) is 2.44. The van der Waals surface area contributed by atoms with Crippen molar-refractivity contribution >= 4 is 18.2 Å². The van der Waals surface area contributed by atoms with Gasteiger partial charge in [0.2, 0.25) is 0 Å². The van der Waals surface area contributed by atoms with Crippen LogP contribution >= 0.6 is 0 Å². The molecule has 2 aromatic rings. The van der Waals surface area contributed by atoms with Crippen molar-refractivity contribution in [3.63, 3.8) is 0 Å². The van der Waals surface area contributed by atoms with Crippen LogP contribution in [0.2, 0.25) is 0 Å². The molecule has 0 amide bonds. The minimum absolute atomic E-state index is 0.0920. The van der Waals surface area contributed by atoms with E-state index in [1.54, 1.807) is 48.5 Å². The molecule has 2 unspecified atom stereocenters. The van der Waals surface area contributed by atoms with Gasteiger partial charge in [-0.15, -0.1) is 0 Å². The van der Waals surface area contributed by atoms with E-state index in [-0.39, 0.29) is 13.0 Å². The molecule has 29 heavy (non-hydrogen) atoms. The zero-order valence-electron chi connectivity index (χ0n) is 16.7. The normalized spacial score (nSPS) is 13.0. The molecule has 7 nitrogen and oxygen atoms in total. The van der Waals surface area contributed by atoms with Crippen molar-refractivity contribution in [2.24, 2.45) is 5.16 Å². The molecular formula is C22H25NO6. The molecule has 0 heterocycles. The molecule has 0 spiro atoms. The highest BCUT2D eigenvalue weighted by Crippen LogP contribution is 2.12. The Balaban J connectivity index is 2.00. The van der Waals surface area contributed by atoms with E-state index in [0.29, 0.717) is 11.1 Å². The molecule has 0 fully saturated rings. The smallest absolute Gasteiger partial charge is 0.338 e. The number of carbonyl (C=O) groups excluding carboxylic acids is 2. The number of aliphatic hydroxyl groups is 1. The summed E-state index contributed by atoms with van der Waals surface area (Å²) in [5, 5.41) is 14.0. The lowest BCUT2D eigenvalue weighted by atomic mass is 10.1. The summed E-state index contributed by atoms with van der Waals surface area (Å²) in [6.45, 7) is 3.48. The Bertz CT molecular complexity index is 829. The van der Waals surface area contributed by atoms with Crippen LogP contribution in [0.15, 0.2) is 53.7 Å². The molecule has 154 valence electrons. The van der Waals surface area contributed by atoms with Crippen LogP contribution in [-0.4, -0.2) is 49.2 Å². The number of carbonyl (C=O) groups is 2. The summed E-state index contributed by atoms with van der Waals surface area (Å²) < 4.78 is 10.6. The fraction of sp³-hybridized carbons (Fsp3) is 0.318. The molecule has 0 radical (unpaired) electrons. The second-order valence-corrected chi connectivity index (χ2v) is 6.55. The monoisotopic (exact) mass is 399 g/mol. The van der Waals surface area contributed by atoms with Crippen molar-refractivity contribution in [3.8, 4) is 0 Å². The van der Waals surface area contributed by atoms with Gasteiger partial charge in [0.25, 0.3) is 0 Å². The van der Waals surface area contributed by atoms with Gasteiger partial charge in [0, 0.05) is 12.6 Å². The minimum Gasteiger partial charge on any atom is -0.459 e. The quantitative estimate of drug-likeness (QED) is 0.396. The Labute approximate surface area is 169 Å². The van der Waals surface area contributed by atoms with E-state index in [0.717, 1.165) is 11.1 Å². The standard InChI is InChI=1S/C22H25NO6/c1-15-4-8-17(9-5-15)21(25)28-14-19(24)20(12-13-23-27-3)29-22(26)18-10-6-16(2)7-11-18/h4-11,13,19-20,24H,12,14H2,1-3H3/b23-13-. The van der Waals surface area contributed by atoms with Gasteiger partial charge >= 0.3 is 11.9 Å². The van der Waals surface area contributed by atoms with Gasteiger partial charge in [-0.05, 0) is 38.1 Å². The third kappa shape index (κ3) is 7.04. The second kappa shape index (κ2) is 11.0. The van der Waals surface area contributed by atoms with Crippen molar-refractivity contribution in [2.75, 3.05) is 13.7 Å². The molecule has 0 aliphatic heterocycles. The van der Waals surface area contributed by atoms with E-state index < -0.39 is 24.1 Å². The molecule has 2 aromatic carbocycles. The van der Waals surface area contributed by atoms with Crippen LogP contribution in [0.4, 0.5) is 0 Å². The number of aliphatic hydroxyl groups excluding tert-OH is 1. The highest BCUT2D eigenvalue weighted by Gasteiger charge is 2.25. The molecule has 0 saturated heterocycles. The Morgan fingerprint density at radius 2 is 1.48 bits per heavy atom. The first-order valence-electron chi connectivity index (χ1n) is 9.15. The first-order chi connectivity index (χ1) is 13.9. The first kappa shape index (κ1) is 22.1. The maximum absolute atomic E-state index is 12.4. The van der Waals surface area contributed by atoms with Gasteiger partial charge in [0.15, 0.2) is 0 Å². The summed E-state index contributed by atoms with van der Waals surface area (Å²) in [5.41, 5.74) is 2.75. The highest BCUT2D eigenvalue weighted by atomic mass is 16.6. The molecular weight excluding hydrogens is 374 g/mol. The molecule has 2 atom stereocenters. The summed E-state index contributed by atoms with van der Waals surface area (Å²) in [4.78, 5) is 29.1. The van der Waals surface area contributed by atoms with E-state index >= 15 is 0 Å². The SMILES string of the molecule is CO/N=C\CC(OC(=O)c1ccc(C)cc1)C(O)COC(=O)c1ccc(C)cc1. The lowest BCUT2D eigenvalue weighted by molar-refractivity contribution is -0.0408. The van der Waals surface area contributed by atoms with E-state index in [2.05, 4.69) is 9.99 Å². The first-order valence-corrected chi connectivity index (χ1v) is 9.15. The van der Waals surface area contributed by atoms with Crippen molar-refractivity contribution in [1.29, 1.82) is 0 Å². The maximum Gasteiger partial charge on any atom is 0.338 e. The van der Waals surface area contributed by atoms with Crippen LogP contribution in [0, 0.1) is 13.8 Å². The average molecular weight is 399 g/mol. The van der Waals surface area contributed by atoms with Crippen LogP contribution < -0.4 is 0 Å². The number of nitrogens with zero attached hydrogens (tertiary/aromatic N) is 1. The largest absolute Gasteiger partial charge is 0.459 e. The van der Waals surface area contributed by atoms with Gasteiger partial charge in [0.1, 0.15) is 25.9 Å². The molecule has 0 aliphatic rings. The molecule has 0 saturated carbocycles. The lowest BCUT2D eigenvalue weighted by Crippen LogP contribution is -2.36. The summed E-state index contributed by atoms with van der Waals surface area (Å²) in [6, 6.07) is 13.7. The topological polar surface area (TPSA) is 94.4 Å². The minimum atomic E-state index is -1.23. The van der Waals surface area contributed by atoms with Crippen LogP contribution in [-0.2, 0) is 14.3 Å². The van der Waals surface area contributed by atoms with Crippen LogP contribution in [0.5, 0.6) is 0 Å². The van der Waals surface area contributed by atoms with Gasteiger partial charge < -0.3 is 19.4 Å². The summed E-state index contributed by atoms with van der Waals surface area (Å²) in [6.07, 6.45) is -0.733. The molecule has 0 aromatic heterocycles. The second-order valence-electron chi connectivity index (χ2n) is 6.55. The van der Waals surface area contributed by atoms with Crippen LogP contribution in [0.25, 0.3) is 0 Å². The van der Waals surface area contributed by atoms with Crippen molar-refractivity contribution in [2.45, 2.75) is 32.5 Å². The summed E-state index contributed by atoms with van der Waals surface area (Å²) in [7, 11) is 1.38. The molecule has 1 N–H and O–H groups in total. The number of hydrogen-bond acceptors (Lipinski definition) is 7. The molecule has 0 bridgehead atoms. The lowest BCUT2D eigenvalue weighted by Gasteiger charge is -2.22. The summed E-state index contributed by atoms with van der Waals surface area (Å²) in [5.74, 6) is -1.16. The maximum atomic E-state index is 12.4. The Kier molecular flexibility index (Phi) is 8.36. The van der Waals surface area contributed by atoms with Crippen molar-refractivity contribution in [1.82, 2.24) is 0 Å². The molecule has 0 aliphatic carbocycles. The van der Waals surface area contributed by atoms with Gasteiger partial charge in [-0.25, -0.2) is 9.59 Å². The Hall–Kier alpha value is -3.19. The fourth-order valence-electron chi connectivity index (χ4n) is 2.44. The van der Waals surface area contributed by atoms with E-state index in [1.807, 2.05) is 13.8 Å². The third-order valence-corrected chi connectivity index (χ3v) is 4.16. The Morgan fingerprint density at radius 1 is 0.966 bits per heavy atom. The number of oxime groups is 1. The van der Waals surface area contributed by atoms with Gasteiger partial charge in [0.05, 0.1) is 11.1 Å². The number of rotatable bonds is 9. The van der Waals surface area contributed by atoms with Gasteiger partial charge in [-0.2, -0.15) is 0 Å². The van der Waals surface area contributed by atoms with Crippen molar-refractivity contribution in [3.05, 3.63) is 70.8 Å². The van der Waals surface area contributed by atoms with Crippen molar-refractivity contribution < 1.29 is 29.0 Å². The van der Waals surface area contributed by atoms with E-state index in [4.69, 9.17) is 9.47 Å². The van der Waals surface area contributed by atoms with Crippen LogP contribution in [0.3, 0.4) is 0 Å². The molecule has 7 heteroatoms. The molecule has 2 rings (SSSR count). The predicted octanol–water partition coefficient (Wildman–Crippen LogP) is 3.07. The number of ether oxygens (including phenoxy) is 2. The average Bonchev–Trinajstić information content (AvgIpc) is 2.72. The number of aryl methyl sites for hydroxylation is 2. The number of esters is 2. The number of benzene rings is 2. The highest BCUT2D eigenvalue weighted by molar-refractivity contribution is 5.90. The van der Waals surface area contributed by atoms with Gasteiger partial charge in [-0.1, -0.05) is 40.5 Å². The number of hydrogen-bond donors (Lipinski definition) is 1. The predicted molar refractivity (Wildman–Crippen MR) is 108 cm³/mol. The third-order valence-electron chi connectivity index (χ3n) is 4.16. The Morgan fingerprint density at radius 3 is 2.00 bits per heavy atom. The van der Waals surface area contributed by atoms with E-state index in [9.17, 15) is 14.7 Å². The zero-order chi connectivity index (χ0) is 21.2.